The van der Waals surface area contributed by atoms with E-state index in [4.69, 9.17) is 0 Å². The van der Waals surface area contributed by atoms with Crippen LogP contribution < -0.4 is 10.8 Å². The van der Waals surface area contributed by atoms with Gasteiger partial charge in [0.25, 0.3) is 0 Å². The number of carbonyl (C=O) groups excluding carboxylic acids is 1. The summed E-state index contributed by atoms with van der Waals surface area (Å²) in [6, 6.07) is 7.60. The second-order valence-corrected chi connectivity index (χ2v) is 3.88. The Kier molecular flexibility index (Phi) is 2.04. The summed E-state index contributed by atoms with van der Waals surface area (Å²) in [6.45, 7) is 0. The first-order valence-electron chi connectivity index (χ1n) is 4.80. The van der Waals surface area contributed by atoms with E-state index in [0.717, 1.165) is 24.0 Å². The molecule has 1 aliphatic carbocycles. The lowest BCUT2D eigenvalue weighted by Crippen LogP contribution is -2.77. The number of rotatable bonds is 1. The summed E-state index contributed by atoms with van der Waals surface area (Å²) in [5.74, 6) is -1.07. The van der Waals surface area contributed by atoms with Crippen LogP contribution in [0.2, 0.25) is 0 Å². The number of carboxylic acid groups (broad SMARTS) is 1. The van der Waals surface area contributed by atoms with Crippen LogP contribution in [0.15, 0.2) is 24.3 Å². The molecule has 14 heavy (non-hydrogen) atoms. The Morgan fingerprint density at radius 3 is 2.86 bits per heavy atom. The fourth-order valence-electron chi connectivity index (χ4n) is 2.13. The van der Waals surface area contributed by atoms with E-state index in [1.165, 1.54) is 0 Å². The molecule has 0 saturated heterocycles. The van der Waals surface area contributed by atoms with Gasteiger partial charge in [-0.05, 0) is 18.4 Å². The molecule has 1 aromatic carbocycles. The van der Waals surface area contributed by atoms with E-state index in [9.17, 15) is 9.90 Å². The number of carbonyl (C=O) groups is 1. The molecule has 0 aromatic heterocycles. The lowest BCUT2D eigenvalue weighted by Gasteiger charge is -2.32. The van der Waals surface area contributed by atoms with Crippen LogP contribution in [0.4, 0.5) is 0 Å². The number of benzene rings is 1. The molecular weight excluding hydrogens is 178 g/mol. The second-order valence-electron chi connectivity index (χ2n) is 3.88. The third-order valence-electron chi connectivity index (χ3n) is 2.97. The Morgan fingerprint density at radius 1 is 1.43 bits per heavy atom. The minimum absolute atomic E-state index is 0.576. The fourth-order valence-corrected chi connectivity index (χ4v) is 2.13. The van der Waals surface area contributed by atoms with Gasteiger partial charge >= 0.3 is 0 Å². The Hall–Kier alpha value is -1.35. The minimum Gasteiger partial charge on any atom is -0.543 e. The third-order valence-corrected chi connectivity index (χ3v) is 2.97. The highest BCUT2D eigenvalue weighted by molar-refractivity contribution is 5.77. The van der Waals surface area contributed by atoms with Crippen LogP contribution in [0.25, 0.3) is 0 Å². The molecule has 2 rings (SSSR count). The predicted molar refractivity (Wildman–Crippen MR) is 49.0 cm³/mol. The first-order valence-corrected chi connectivity index (χ1v) is 4.80. The molecule has 0 spiro atoms. The maximum Gasteiger partial charge on any atom is 0.160 e. The van der Waals surface area contributed by atoms with E-state index in [1.807, 2.05) is 24.3 Å². The van der Waals surface area contributed by atoms with Crippen molar-refractivity contribution in [2.45, 2.75) is 24.8 Å². The monoisotopic (exact) mass is 191 g/mol. The van der Waals surface area contributed by atoms with Crippen molar-refractivity contribution >= 4 is 5.97 Å². The zero-order valence-corrected chi connectivity index (χ0v) is 7.95. The normalized spacial score (nSPS) is 25.5. The van der Waals surface area contributed by atoms with Gasteiger partial charge in [-0.2, -0.15) is 0 Å². The molecule has 3 nitrogen and oxygen atoms in total. The van der Waals surface area contributed by atoms with Crippen molar-refractivity contribution < 1.29 is 15.6 Å². The summed E-state index contributed by atoms with van der Waals surface area (Å²) in [6.07, 6.45) is 2.39. The molecule has 0 unspecified atom stereocenters. The molecule has 3 heteroatoms. The molecule has 0 bridgehead atoms. The summed E-state index contributed by atoms with van der Waals surface area (Å²) >= 11 is 0. The smallest absolute Gasteiger partial charge is 0.160 e. The molecule has 0 heterocycles. The van der Waals surface area contributed by atoms with E-state index in [-0.39, 0.29) is 0 Å². The van der Waals surface area contributed by atoms with Gasteiger partial charge in [-0.25, -0.2) is 0 Å². The van der Waals surface area contributed by atoms with Gasteiger partial charge in [0.2, 0.25) is 0 Å². The van der Waals surface area contributed by atoms with Crippen LogP contribution in [0.5, 0.6) is 0 Å². The average Bonchev–Trinajstić information content (AvgIpc) is 2.18. The van der Waals surface area contributed by atoms with Crippen molar-refractivity contribution in [2.75, 3.05) is 0 Å². The third kappa shape index (κ3) is 1.21. The second kappa shape index (κ2) is 3.10. The van der Waals surface area contributed by atoms with Crippen LogP contribution in [0.3, 0.4) is 0 Å². The Bertz CT molecular complexity index is 375. The number of hydrogen-bond donors (Lipinski definition) is 1. The number of quaternary nitrogens is 1. The zero-order valence-electron chi connectivity index (χ0n) is 7.95. The highest BCUT2D eigenvalue weighted by Crippen LogP contribution is 2.31. The van der Waals surface area contributed by atoms with Gasteiger partial charge < -0.3 is 15.6 Å². The van der Waals surface area contributed by atoms with E-state index in [2.05, 4.69) is 5.73 Å². The van der Waals surface area contributed by atoms with Crippen molar-refractivity contribution in [1.82, 2.24) is 0 Å². The molecule has 1 aliphatic rings. The molecule has 0 fully saturated rings. The number of carboxylic acids is 1. The van der Waals surface area contributed by atoms with Crippen LogP contribution in [-0.2, 0) is 16.8 Å². The number of aryl methyl sites for hydroxylation is 1. The molecular formula is C11H13NO2. The fraction of sp³-hybridized carbons (Fsp3) is 0.364. The van der Waals surface area contributed by atoms with E-state index >= 15 is 0 Å². The number of aliphatic carboxylic acids is 1. The Balaban J connectivity index is 2.55. The van der Waals surface area contributed by atoms with Gasteiger partial charge in [0.1, 0.15) is 5.97 Å². The number of fused-ring (bicyclic) bond motifs is 1. The van der Waals surface area contributed by atoms with Crippen LogP contribution in [0.1, 0.15) is 24.0 Å². The van der Waals surface area contributed by atoms with Crippen LogP contribution >= 0.6 is 0 Å². The van der Waals surface area contributed by atoms with Gasteiger partial charge in [0.15, 0.2) is 5.54 Å². The van der Waals surface area contributed by atoms with Crippen molar-refractivity contribution in [3.8, 4) is 0 Å². The summed E-state index contributed by atoms with van der Waals surface area (Å²) < 4.78 is 0. The van der Waals surface area contributed by atoms with Gasteiger partial charge in [-0.3, -0.25) is 0 Å². The highest BCUT2D eigenvalue weighted by atomic mass is 16.4. The lowest BCUT2D eigenvalue weighted by molar-refractivity contribution is -0.498. The van der Waals surface area contributed by atoms with Gasteiger partial charge in [-0.1, -0.05) is 24.3 Å². The Morgan fingerprint density at radius 2 is 2.14 bits per heavy atom. The summed E-state index contributed by atoms with van der Waals surface area (Å²) in [5, 5.41) is 11.1. The first kappa shape index (κ1) is 9.21. The molecule has 74 valence electrons. The first-order chi connectivity index (χ1) is 6.64. The standard InChI is InChI=1S/C11H13NO2/c12-11(10(13)14)7-3-5-8-4-1-2-6-9(8)11/h1-2,4,6H,3,5,7,12H2,(H,13,14)/t11-/m0/s1. The minimum atomic E-state index is -1.07. The van der Waals surface area contributed by atoms with Gasteiger partial charge in [-0.15, -0.1) is 0 Å². The predicted octanol–water partition coefficient (Wildman–Crippen LogP) is -0.790. The van der Waals surface area contributed by atoms with Crippen molar-refractivity contribution in [3.05, 3.63) is 35.4 Å². The average molecular weight is 191 g/mol. The molecule has 0 saturated carbocycles. The molecule has 0 aliphatic heterocycles. The molecule has 1 atom stereocenters. The lowest BCUT2D eigenvalue weighted by atomic mass is 9.77. The highest BCUT2D eigenvalue weighted by Gasteiger charge is 2.37. The zero-order chi connectivity index (χ0) is 10.2. The molecule has 0 radical (unpaired) electrons. The van der Waals surface area contributed by atoms with E-state index in [1.54, 1.807) is 0 Å². The molecule has 3 N–H and O–H groups in total. The largest absolute Gasteiger partial charge is 0.543 e. The van der Waals surface area contributed by atoms with Gasteiger partial charge in [0.05, 0.1) is 0 Å². The van der Waals surface area contributed by atoms with E-state index in [0.29, 0.717) is 6.42 Å². The SMILES string of the molecule is [NH3+][C@@]1(C(=O)[O-])CCCc2ccccc21. The summed E-state index contributed by atoms with van der Waals surface area (Å²) in [5.41, 5.74) is 4.70. The van der Waals surface area contributed by atoms with Crippen molar-refractivity contribution in [2.24, 2.45) is 0 Å². The molecule has 0 amide bonds. The van der Waals surface area contributed by atoms with Crippen LogP contribution in [0, 0.1) is 0 Å². The quantitative estimate of drug-likeness (QED) is 0.632. The summed E-state index contributed by atoms with van der Waals surface area (Å²) in [7, 11) is 0. The van der Waals surface area contributed by atoms with E-state index < -0.39 is 11.5 Å². The van der Waals surface area contributed by atoms with Crippen molar-refractivity contribution in [1.29, 1.82) is 0 Å². The maximum absolute atomic E-state index is 11.1. The molecule has 1 aromatic rings. The van der Waals surface area contributed by atoms with Crippen LogP contribution in [-0.4, -0.2) is 5.97 Å². The van der Waals surface area contributed by atoms with Gasteiger partial charge in [0, 0.05) is 12.0 Å². The number of hydrogen-bond acceptors (Lipinski definition) is 2. The van der Waals surface area contributed by atoms with Crippen molar-refractivity contribution in [3.63, 3.8) is 0 Å². The Labute approximate surface area is 82.5 Å². The summed E-state index contributed by atoms with van der Waals surface area (Å²) in [4.78, 5) is 11.1. The topological polar surface area (TPSA) is 67.8 Å². The maximum atomic E-state index is 11.1.